The molecule has 2 heterocycles. The summed E-state index contributed by atoms with van der Waals surface area (Å²) in [6.07, 6.45) is -1.64. The fourth-order valence-corrected chi connectivity index (χ4v) is 3.80. The van der Waals surface area contributed by atoms with Crippen molar-refractivity contribution < 1.29 is 23.7 Å². The standard InChI is InChI=1S/C21H24O5/c1-22-19-17(14-9-5-3-6-10-14)25-16-13-24-21(15-11-7-4-8-12-15)26-18(16)20(19)23-2/h3-12,16-21H,13H2,1-2H3/t16-,17-,18-,19-,20+,21-/m1/s1. The fraction of sp³-hybridized carbons (Fsp3) is 0.429. The zero-order valence-electron chi connectivity index (χ0n) is 15.0. The Morgan fingerprint density at radius 2 is 1.38 bits per heavy atom. The van der Waals surface area contributed by atoms with Crippen LogP contribution in [0.2, 0.25) is 0 Å². The lowest BCUT2D eigenvalue weighted by molar-refractivity contribution is -0.334. The van der Waals surface area contributed by atoms with E-state index >= 15 is 0 Å². The minimum absolute atomic E-state index is 0.212. The van der Waals surface area contributed by atoms with Gasteiger partial charge in [0, 0.05) is 19.8 Å². The summed E-state index contributed by atoms with van der Waals surface area (Å²) in [5, 5.41) is 0. The zero-order valence-corrected chi connectivity index (χ0v) is 15.0. The van der Waals surface area contributed by atoms with Crippen molar-refractivity contribution in [3.05, 3.63) is 71.8 Å². The number of fused-ring (bicyclic) bond motifs is 1. The van der Waals surface area contributed by atoms with Gasteiger partial charge in [-0.05, 0) is 5.56 Å². The Balaban J connectivity index is 1.59. The van der Waals surface area contributed by atoms with Gasteiger partial charge >= 0.3 is 0 Å². The maximum Gasteiger partial charge on any atom is 0.184 e. The molecule has 2 fully saturated rings. The highest BCUT2D eigenvalue weighted by Gasteiger charge is 2.50. The number of methoxy groups -OCH3 is 2. The van der Waals surface area contributed by atoms with Crippen LogP contribution in [0.5, 0.6) is 0 Å². The summed E-state index contributed by atoms with van der Waals surface area (Å²) in [5.74, 6) is 0. The molecule has 138 valence electrons. The highest BCUT2D eigenvalue weighted by molar-refractivity contribution is 5.21. The molecular formula is C21H24O5. The van der Waals surface area contributed by atoms with Crippen LogP contribution in [0.3, 0.4) is 0 Å². The Morgan fingerprint density at radius 3 is 2.00 bits per heavy atom. The fourth-order valence-electron chi connectivity index (χ4n) is 3.80. The van der Waals surface area contributed by atoms with Gasteiger partial charge in [-0.25, -0.2) is 0 Å². The van der Waals surface area contributed by atoms with E-state index < -0.39 is 6.29 Å². The predicted molar refractivity (Wildman–Crippen MR) is 95.7 cm³/mol. The Hall–Kier alpha value is -1.76. The predicted octanol–water partition coefficient (Wildman–Crippen LogP) is 3.27. The molecule has 0 spiro atoms. The first kappa shape index (κ1) is 17.6. The van der Waals surface area contributed by atoms with Crippen LogP contribution < -0.4 is 0 Å². The molecule has 0 saturated carbocycles. The molecule has 2 aromatic carbocycles. The van der Waals surface area contributed by atoms with Crippen LogP contribution in [0.4, 0.5) is 0 Å². The largest absolute Gasteiger partial charge is 0.376 e. The molecule has 0 aromatic heterocycles. The van der Waals surface area contributed by atoms with Gasteiger partial charge in [0.25, 0.3) is 0 Å². The van der Waals surface area contributed by atoms with E-state index in [1.807, 2.05) is 60.7 Å². The third-order valence-corrected chi connectivity index (χ3v) is 5.07. The van der Waals surface area contributed by atoms with E-state index in [0.717, 1.165) is 11.1 Å². The average Bonchev–Trinajstić information content (AvgIpc) is 2.73. The van der Waals surface area contributed by atoms with Gasteiger partial charge in [0.15, 0.2) is 6.29 Å². The second kappa shape index (κ2) is 7.86. The Kier molecular flexibility index (Phi) is 5.33. The van der Waals surface area contributed by atoms with Crippen molar-refractivity contribution in [2.24, 2.45) is 0 Å². The van der Waals surface area contributed by atoms with Crippen LogP contribution in [0, 0.1) is 0 Å². The normalized spacial score (nSPS) is 34.2. The summed E-state index contributed by atoms with van der Waals surface area (Å²) in [4.78, 5) is 0. The highest BCUT2D eigenvalue weighted by atomic mass is 16.7. The van der Waals surface area contributed by atoms with E-state index in [1.54, 1.807) is 14.2 Å². The molecule has 2 aliphatic rings. The molecule has 0 amide bonds. The number of ether oxygens (including phenoxy) is 5. The monoisotopic (exact) mass is 356 g/mol. The van der Waals surface area contributed by atoms with Crippen LogP contribution in [-0.4, -0.2) is 45.2 Å². The van der Waals surface area contributed by atoms with E-state index in [1.165, 1.54) is 0 Å². The molecule has 26 heavy (non-hydrogen) atoms. The van der Waals surface area contributed by atoms with Gasteiger partial charge in [-0.15, -0.1) is 0 Å². The third-order valence-electron chi connectivity index (χ3n) is 5.07. The Labute approximate surface area is 153 Å². The van der Waals surface area contributed by atoms with Gasteiger partial charge < -0.3 is 23.7 Å². The van der Waals surface area contributed by atoms with Crippen LogP contribution in [0.25, 0.3) is 0 Å². The van der Waals surface area contributed by atoms with Crippen molar-refractivity contribution in [2.75, 3.05) is 20.8 Å². The van der Waals surface area contributed by atoms with Crippen molar-refractivity contribution in [3.8, 4) is 0 Å². The van der Waals surface area contributed by atoms with Gasteiger partial charge in [-0.2, -0.15) is 0 Å². The van der Waals surface area contributed by atoms with E-state index in [4.69, 9.17) is 23.7 Å². The summed E-state index contributed by atoms with van der Waals surface area (Å²) in [6.45, 7) is 0.448. The van der Waals surface area contributed by atoms with Crippen LogP contribution in [0.1, 0.15) is 23.5 Å². The maximum absolute atomic E-state index is 6.34. The first-order valence-electron chi connectivity index (χ1n) is 8.90. The van der Waals surface area contributed by atoms with E-state index in [-0.39, 0.29) is 30.5 Å². The maximum atomic E-state index is 6.34. The quantitative estimate of drug-likeness (QED) is 0.841. The lowest BCUT2D eigenvalue weighted by Gasteiger charge is -2.48. The van der Waals surface area contributed by atoms with Crippen molar-refractivity contribution in [3.63, 3.8) is 0 Å². The van der Waals surface area contributed by atoms with Crippen molar-refractivity contribution in [1.82, 2.24) is 0 Å². The summed E-state index contributed by atoms with van der Waals surface area (Å²) in [5.41, 5.74) is 2.05. The van der Waals surface area contributed by atoms with E-state index in [2.05, 4.69) is 0 Å². The SMILES string of the molecule is CO[C@@H]1[C@H](OC)[C@@H](c2ccccc2)O[C@@H]2CO[C@@H](c3ccccc3)O[C@@H]12. The molecule has 6 atom stereocenters. The molecule has 2 aromatic rings. The first-order chi connectivity index (χ1) is 12.8. The average molecular weight is 356 g/mol. The molecule has 2 aliphatic heterocycles. The van der Waals surface area contributed by atoms with Gasteiger partial charge in [-0.1, -0.05) is 60.7 Å². The third kappa shape index (κ3) is 3.29. The minimum atomic E-state index is -0.426. The molecule has 2 saturated heterocycles. The van der Waals surface area contributed by atoms with Crippen molar-refractivity contribution in [1.29, 1.82) is 0 Å². The van der Waals surface area contributed by atoms with E-state index in [9.17, 15) is 0 Å². The Bertz CT molecular complexity index is 692. The number of rotatable bonds is 4. The summed E-state index contributed by atoms with van der Waals surface area (Å²) >= 11 is 0. The van der Waals surface area contributed by atoms with Crippen LogP contribution in [0.15, 0.2) is 60.7 Å². The van der Waals surface area contributed by atoms with Gasteiger partial charge in [0.1, 0.15) is 30.5 Å². The molecule has 0 N–H and O–H groups in total. The second-order valence-corrected chi connectivity index (χ2v) is 6.58. The molecule has 5 nitrogen and oxygen atoms in total. The molecular weight excluding hydrogens is 332 g/mol. The van der Waals surface area contributed by atoms with Gasteiger partial charge in [-0.3, -0.25) is 0 Å². The molecule has 0 unspecified atom stereocenters. The molecule has 0 bridgehead atoms. The van der Waals surface area contributed by atoms with Gasteiger partial charge in [0.2, 0.25) is 0 Å². The van der Waals surface area contributed by atoms with E-state index in [0.29, 0.717) is 6.61 Å². The first-order valence-corrected chi connectivity index (χ1v) is 8.90. The summed E-state index contributed by atoms with van der Waals surface area (Å²) in [7, 11) is 3.38. The van der Waals surface area contributed by atoms with Crippen molar-refractivity contribution >= 4 is 0 Å². The lowest BCUT2D eigenvalue weighted by atomic mass is 9.90. The smallest absolute Gasteiger partial charge is 0.184 e. The zero-order chi connectivity index (χ0) is 17.9. The highest BCUT2D eigenvalue weighted by Crippen LogP contribution is 2.40. The second-order valence-electron chi connectivity index (χ2n) is 6.58. The minimum Gasteiger partial charge on any atom is -0.376 e. The van der Waals surface area contributed by atoms with Crippen LogP contribution in [-0.2, 0) is 23.7 Å². The lowest BCUT2D eigenvalue weighted by Crippen LogP contribution is -2.60. The number of hydrogen-bond acceptors (Lipinski definition) is 5. The molecule has 0 radical (unpaired) electrons. The van der Waals surface area contributed by atoms with Gasteiger partial charge in [0.05, 0.1) is 6.61 Å². The van der Waals surface area contributed by atoms with Crippen molar-refractivity contribution in [2.45, 2.75) is 36.8 Å². The number of benzene rings is 2. The number of hydrogen-bond donors (Lipinski definition) is 0. The molecule has 4 rings (SSSR count). The topological polar surface area (TPSA) is 46.2 Å². The van der Waals surface area contributed by atoms with Crippen LogP contribution >= 0.6 is 0 Å². The molecule has 0 aliphatic carbocycles. The molecule has 5 heteroatoms. The Morgan fingerprint density at radius 1 is 0.769 bits per heavy atom. The summed E-state index contributed by atoms with van der Waals surface area (Å²) < 4.78 is 30.1. The summed E-state index contributed by atoms with van der Waals surface area (Å²) in [6, 6.07) is 20.0.